The number of hydrogen-bond acceptors (Lipinski definition) is 1. The number of thioether (sulfide) groups is 1. The van der Waals surface area contributed by atoms with Gasteiger partial charge in [-0.25, -0.2) is 0 Å². The van der Waals surface area contributed by atoms with Crippen LogP contribution in [0.15, 0.2) is 11.5 Å². The van der Waals surface area contributed by atoms with Crippen LogP contribution >= 0.6 is 11.8 Å². The van der Waals surface area contributed by atoms with Gasteiger partial charge in [-0.05, 0) is 24.0 Å². The Morgan fingerprint density at radius 2 is 1.33 bits per heavy atom. The fraction of sp³-hybridized carbons (Fsp3) is 0.857. The van der Waals surface area contributed by atoms with E-state index in [0.29, 0.717) is 0 Å². The van der Waals surface area contributed by atoms with Crippen molar-refractivity contribution in [3.63, 3.8) is 0 Å². The zero-order valence-corrected chi connectivity index (χ0v) is 11.5. The smallest absolute Gasteiger partial charge is 0.0140 e. The summed E-state index contributed by atoms with van der Waals surface area (Å²) in [6.45, 7) is 6.28. The summed E-state index contributed by atoms with van der Waals surface area (Å²) in [5.41, 5.74) is 0. The normalized spacial score (nSPS) is 10.5. The van der Waals surface area contributed by atoms with Crippen molar-refractivity contribution in [1.29, 1.82) is 0 Å². The molecule has 0 aliphatic carbocycles. The average Bonchev–Trinajstić information content (AvgIpc) is 2.26. The van der Waals surface area contributed by atoms with Crippen molar-refractivity contribution in [2.24, 2.45) is 0 Å². The van der Waals surface area contributed by atoms with Crippen molar-refractivity contribution in [1.82, 2.24) is 0 Å². The van der Waals surface area contributed by atoms with Crippen LogP contribution in [0.1, 0.15) is 71.1 Å². The van der Waals surface area contributed by atoms with Gasteiger partial charge in [0.25, 0.3) is 0 Å². The molecule has 0 aromatic heterocycles. The minimum atomic E-state index is 1.22. The molecule has 0 aromatic rings. The van der Waals surface area contributed by atoms with Gasteiger partial charge in [-0.2, -0.15) is 0 Å². The second-order valence-corrected chi connectivity index (χ2v) is 5.31. The number of hydrogen-bond donors (Lipinski definition) is 0. The average molecular weight is 228 g/mol. The van der Waals surface area contributed by atoms with Gasteiger partial charge in [-0.3, -0.25) is 0 Å². The Bertz CT molecular complexity index is 140. The molecule has 0 rings (SSSR count). The van der Waals surface area contributed by atoms with E-state index in [-0.39, 0.29) is 0 Å². The third kappa shape index (κ3) is 12.0. The molecule has 15 heavy (non-hydrogen) atoms. The van der Waals surface area contributed by atoms with Gasteiger partial charge in [0, 0.05) is 0 Å². The highest BCUT2D eigenvalue weighted by molar-refractivity contribution is 8.02. The number of rotatable bonds is 11. The van der Waals surface area contributed by atoms with Crippen LogP contribution in [0.3, 0.4) is 0 Å². The fourth-order valence-electron chi connectivity index (χ4n) is 1.73. The molecule has 0 saturated carbocycles. The van der Waals surface area contributed by atoms with Gasteiger partial charge in [-0.1, -0.05) is 64.9 Å². The predicted octanol–water partition coefficient (Wildman–Crippen LogP) is 5.78. The Balaban J connectivity index is 2.95. The van der Waals surface area contributed by atoms with Crippen molar-refractivity contribution < 1.29 is 0 Å². The standard InChI is InChI=1S/C14H28S/c1-4-5-6-7-8-9-10-11-12-13-14(2)15-3/h2,4-13H2,1,3H3. The van der Waals surface area contributed by atoms with Crippen LogP contribution in [0.5, 0.6) is 0 Å². The summed E-state index contributed by atoms with van der Waals surface area (Å²) in [7, 11) is 0. The molecule has 0 bridgehead atoms. The molecular formula is C14H28S. The van der Waals surface area contributed by atoms with Crippen LogP contribution in [0.4, 0.5) is 0 Å². The highest BCUT2D eigenvalue weighted by Gasteiger charge is 1.94. The lowest BCUT2D eigenvalue weighted by Gasteiger charge is -2.02. The topological polar surface area (TPSA) is 0 Å². The summed E-state index contributed by atoms with van der Waals surface area (Å²) in [5.74, 6) is 0. The minimum absolute atomic E-state index is 1.22. The van der Waals surface area contributed by atoms with E-state index in [1.165, 1.54) is 69.1 Å². The lowest BCUT2D eigenvalue weighted by atomic mass is 10.1. The van der Waals surface area contributed by atoms with Crippen LogP contribution in [0.2, 0.25) is 0 Å². The largest absolute Gasteiger partial charge is 0.135 e. The van der Waals surface area contributed by atoms with E-state index in [2.05, 4.69) is 19.8 Å². The van der Waals surface area contributed by atoms with E-state index >= 15 is 0 Å². The van der Waals surface area contributed by atoms with E-state index in [0.717, 1.165) is 0 Å². The molecule has 0 aromatic carbocycles. The maximum Gasteiger partial charge on any atom is -0.0140 e. The SMILES string of the molecule is C=C(CCCCCCCCCCC)SC. The molecule has 0 nitrogen and oxygen atoms in total. The lowest BCUT2D eigenvalue weighted by molar-refractivity contribution is 0.566. The Hall–Kier alpha value is 0.0900. The van der Waals surface area contributed by atoms with Crippen molar-refractivity contribution >= 4 is 11.8 Å². The van der Waals surface area contributed by atoms with Crippen LogP contribution < -0.4 is 0 Å². The van der Waals surface area contributed by atoms with Crippen LogP contribution in [-0.2, 0) is 0 Å². The molecule has 0 radical (unpaired) electrons. The third-order valence-electron chi connectivity index (χ3n) is 2.85. The summed E-state index contributed by atoms with van der Waals surface area (Å²) >= 11 is 1.81. The molecule has 0 aliphatic heterocycles. The molecule has 0 fully saturated rings. The summed E-state index contributed by atoms with van der Waals surface area (Å²) < 4.78 is 0. The first-order chi connectivity index (χ1) is 7.31. The summed E-state index contributed by atoms with van der Waals surface area (Å²) in [5, 5.41) is 0. The molecule has 1 heteroatoms. The molecule has 90 valence electrons. The predicted molar refractivity (Wildman–Crippen MR) is 74.5 cm³/mol. The van der Waals surface area contributed by atoms with E-state index < -0.39 is 0 Å². The molecule has 0 amide bonds. The fourth-order valence-corrected chi connectivity index (χ4v) is 2.08. The molecular weight excluding hydrogens is 200 g/mol. The maximum absolute atomic E-state index is 4.00. The molecule has 0 spiro atoms. The van der Waals surface area contributed by atoms with E-state index in [9.17, 15) is 0 Å². The Morgan fingerprint density at radius 3 is 1.80 bits per heavy atom. The van der Waals surface area contributed by atoms with Crippen LogP contribution in [0, 0.1) is 0 Å². The Kier molecular flexibility index (Phi) is 12.2. The van der Waals surface area contributed by atoms with Crippen molar-refractivity contribution in [3.05, 3.63) is 11.5 Å². The molecule has 0 unspecified atom stereocenters. The van der Waals surface area contributed by atoms with Gasteiger partial charge in [-0.15, -0.1) is 11.8 Å². The maximum atomic E-state index is 4.00. The molecule has 0 aliphatic rings. The first-order valence-electron chi connectivity index (χ1n) is 6.53. The third-order valence-corrected chi connectivity index (χ3v) is 3.63. The van der Waals surface area contributed by atoms with Gasteiger partial charge in [0.1, 0.15) is 0 Å². The second-order valence-electron chi connectivity index (χ2n) is 4.32. The van der Waals surface area contributed by atoms with E-state index in [1.807, 2.05) is 11.8 Å². The van der Waals surface area contributed by atoms with Crippen molar-refractivity contribution in [2.75, 3.05) is 6.26 Å². The summed E-state index contributed by atoms with van der Waals surface area (Å²) in [6.07, 6.45) is 16.1. The van der Waals surface area contributed by atoms with Gasteiger partial charge in [0.15, 0.2) is 0 Å². The zero-order valence-electron chi connectivity index (χ0n) is 10.7. The van der Waals surface area contributed by atoms with Crippen LogP contribution in [-0.4, -0.2) is 6.26 Å². The summed E-state index contributed by atoms with van der Waals surface area (Å²) in [6, 6.07) is 0. The lowest BCUT2D eigenvalue weighted by Crippen LogP contribution is -1.82. The van der Waals surface area contributed by atoms with Gasteiger partial charge in [0.2, 0.25) is 0 Å². The van der Waals surface area contributed by atoms with Crippen molar-refractivity contribution in [3.8, 4) is 0 Å². The monoisotopic (exact) mass is 228 g/mol. The highest BCUT2D eigenvalue weighted by atomic mass is 32.2. The Labute approximate surface area is 101 Å². The first-order valence-corrected chi connectivity index (χ1v) is 7.75. The summed E-state index contributed by atoms with van der Waals surface area (Å²) in [4.78, 5) is 1.35. The number of unbranched alkanes of at least 4 members (excludes halogenated alkanes) is 8. The van der Waals surface area contributed by atoms with Crippen molar-refractivity contribution in [2.45, 2.75) is 71.1 Å². The van der Waals surface area contributed by atoms with Gasteiger partial charge < -0.3 is 0 Å². The van der Waals surface area contributed by atoms with Crippen LogP contribution in [0.25, 0.3) is 0 Å². The molecule has 0 heterocycles. The zero-order chi connectivity index (χ0) is 11.4. The Morgan fingerprint density at radius 1 is 0.867 bits per heavy atom. The molecule has 0 N–H and O–H groups in total. The minimum Gasteiger partial charge on any atom is -0.135 e. The molecule has 0 saturated heterocycles. The number of allylic oxidation sites excluding steroid dienone is 1. The molecule has 0 atom stereocenters. The first kappa shape index (κ1) is 15.1. The quantitative estimate of drug-likeness (QED) is 0.404. The van der Waals surface area contributed by atoms with E-state index in [4.69, 9.17) is 0 Å². The second kappa shape index (κ2) is 12.2. The van der Waals surface area contributed by atoms with Gasteiger partial charge >= 0.3 is 0 Å². The van der Waals surface area contributed by atoms with E-state index in [1.54, 1.807) is 0 Å². The van der Waals surface area contributed by atoms with Gasteiger partial charge in [0.05, 0.1) is 0 Å². The highest BCUT2D eigenvalue weighted by Crippen LogP contribution is 2.17.